The average molecular weight is 244 g/mol. The molecule has 90 valence electrons. The standard InChI is InChI=1S/C11H16O4S/c1-15-11-9(6-4-8-12)5-3-7-10(11)16(2,13)14/h3,5,7,12H,4,6,8H2,1-2H3. The van der Waals surface area contributed by atoms with Gasteiger partial charge in [-0.25, -0.2) is 8.42 Å². The molecule has 16 heavy (non-hydrogen) atoms. The van der Waals surface area contributed by atoms with Crippen molar-refractivity contribution in [2.24, 2.45) is 0 Å². The monoisotopic (exact) mass is 244 g/mol. The lowest BCUT2D eigenvalue weighted by Crippen LogP contribution is -2.03. The smallest absolute Gasteiger partial charge is 0.179 e. The topological polar surface area (TPSA) is 63.6 Å². The van der Waals surface area contributed by atoms with Crippen molar-refractivity contribution in [3.63, 3.8) is 0 Å². The van der Waals surface area contributed by atoms with Crippen molar-refractivity contribution in [2.75, 3.05) is 20.0 Å². The van der Waals surface area contributed by atoms with Gasteiger partial charge in [-0.2, -0.15) is 0 Å². The Bertz CT molecular complexity index is 451. The number of rotatable bonds is 5. The first-order valence-electron chi connectivity index (χ1n) is 4.97. The molecule has 0 amide bonds. The van der Waals surface area contributed by atoms with Crippen LogP contribution in [0.4, 0.5) is 0 Å². The lowest BCUT2D eigenvalue weighted by molar-refractivity contribution is 0.287. The molecule has 1 aromatic rings. The van der Waals surface area contributed by atoms with Gasteiger partial charge in [0.05, 0.1) is 7.11 Å². The van der Waals surface area contributed by atoms with Crippen LogP contribution in [-0.4, -0.2) is 33.5 Å². The summed E-state index contributed by atoms with van der Waals surface area (Å²) in [6.07, 6.45) is 2.34. The fourth-order valence-electron chi connectivity index (χ4n) is 1.55. The molecule has 0 atom stereocenters. The van der Waals surface area contributed by atoms with Gasteiger partial charge in [0.15, 0.2) is 9.84 Å². The summed E-state index contributed by atoms with van der Waals surface area (Å²) >= 11 is 0. The zero-order valence-electron chi connectivity index (χ0n) is 9.43. The van der Waals surface area contributed by atoms with Gasteiger partial charge in [-0.3, -0.25) is 0 Å². The van der Waals surface area contributed by atoms with Crippen LogP contribution >= 0.6 is 0 Å². The SMILES string of the molecule is COc1c(CCCO)cccc1S(C)(=O)=O. The van der Waals surface area contributed by atoms with Crippen molar-refractivity contribution in [3.05, 3.63) is 23.8 Å². The van der Waals surface area contributed by atoms with E-state index in [1.54, 1.807) is 6.07 Å². The number of methoxy groups -OCH3 is 1. The quantitative estimate of drug-likeness (QED) is 0.840. The normalized spacial score (nSPS) is 11.4. The molecule has 1 rings (SSSR count). The van der Waals surface area contributed by atoms with Crippen LogP contribution in [0.25, 0.3) is 0 Å². The maximum atomic E-state index is 11.5. The molecule has 4 nitrogen and oxygen atoms in total. The molecule has 0 aliphatic heterocycles. The Morgan fingerprint density at radius 3 is 2.56 bits per heavy atom. The molecule has 0 heterocycles. The number of benzene rings is 1. The lowest BCUT2D eigenvalue weighted by Gasteiger charge is -2.11. The Morgan fingerprint density at radius 1 is 1.38 bits per heavy atom. The third kappa shape index (κ3) is 2.96. The molecule has 0 unspecified atom stereocenters. The zero-order valence-corrected chi connectivity index (χ0v) is 10.3. The first-order chi connectivity index (χ1) is 7.50. The highest BCUT2D eigenvalue weighted by atomic mass is 32.2. The summed E-state index contributed by atoms with van der Waals surface area (Å²) in [5.74, 6) is 0.387. The second-order valence-electron chi connectivity index (χ2n) is 3.55. The second-order valence-corrected chi connectivity index (χ2v) is 5.53. The van der Waals surface area contributed by atoms with Crippen LogP contribution in [0, 0.1) is 0 Å². The molecule has 0 saturated heterocycles. The highest BCUT2D eigenvalue weighted by molar-refractivity contribution is 7.90. The number of hydrogen-bond donors (Lipinski definition) is 1. The van der Waals surface area contributed by atoms with Crippen molar-refractivity contribution in [1.82, 2.24) is 0 Å². The Labute approximate surface area is 95.8 Å². The Hall–Kier alpha value is -1.07. The van der Waals surface area contributed by atoms with E-state index in [2.05, 4.69) is 0 Å². The van der Waals surface area contributed by atoms with Gasteiger partial charge in [-0.05, 0) is 24.5 Å². The summed E-state index contributed by atoms with van der Waals surface area (Å²) in [7, 11) is -1.83. The van der Waals surface area contributed by atoms with Crippen LogP contribution in [0.2, 0.25) is 0 Å². The predicted molar refractivity (Wildman–Crippen MR) is 61.5 cm³/mol. The third-order valence-corrected chi connectivity index (χ3v) is 3.39. The molecule has 0 aliphatic rings. The minimum Gasteiger partial charge on any atom is -0.495 e. The molecule has 0 aliphatic carbocycles. The molecular weight excluding hydrogens is 228 g/mol. The number of aliphatic hydroxyl groups is 1. The van der Waals surface area contributed by atoms with E-state index in [0.29, 0.717) is 18.6 Å². The van der Waals surface area contributed by atoms with Crippen molar-refractivity contribution in [1.29, 1.82) is 0 Å². The highest BCUT2D eigenvalue weighted by Gasteiger charge is 2.16. The van der Waals surface area contributed by atoms with Gasteiger partial charge >= 0.3 is 0 Å². The van der Waals surface area contributed by atoms with Gasteiger partial charge in [0, 0.05) is 12.9 Å². The number of ether oxygens (including phenoxy) is 1. The zero-order chi connectivity index (χ0) is 12.2. The van der Waals surface area contributed by atoms with Gasteiger partial charge < -0.3 is 9.84 Å². The van der Waals surface area contributed by atoms with E-state index in [1.807, 2.05) is 6.07 Å². The van der Waals surface area contributed by atoms with E-state index in [-0.39, 0.29) is 11.5 Å². The second kappa shape index (κ2) is 5.32. The van der Waals surface area contributed by atoms with Crippen LogP contribution in [0.5, 0.6) is 5.75 Å². The molecular formula is C11H16O4S. The molecule has 0 saturated carbocycles. The van der Waals surface area contributed by atoms with E-state index >= 15 is 0 Å². The predicted octanol–water partition coefficient (Wildman–Crippen LogP) is 1.02. The fourth-order valence-corrected chi connectivity index (χ4v) is 2.43. The Kier molecular flexibility index (Phi) is 4.32. The van der Waals surface area contributed by atoms with E-state index in [9.17, 15) is 8.42 Å². The Morgan fingerprint density at radius 2 is 2.06 bits per heavy atom. The molecule has 0 spiro atoms. The van der Waals surface area contributed by atoms with Crippen LogP contribution in [0.3, 0.4) is 0 Å². The molecule has 0 fully saturated rings. The minimum absolute atomic E-state index is 0.0757. The fraction of sp³-hybridized carbons (Fsp3) is 0.455. The lowest BCUT2D eigenvalue weighted by atomic mass is 10.1. The third-order valence-electron chi connectivity index (χ3n) is 2.27. The number of aryl methyl sites for hydroxylation is 1. The van der Waals surface area contributed by atoms with Gasteiger partial charge in [0.25, 0.3) is 0 Å². The van der Waals surface area contributed by atoms with E-state index in [1.165, 1.54) is 13.2 Å². The van der Waals surface area contributed by atoms with Gasteiger partial charge in [-0.1, -0.05) is 12.1 Å². The van der Waals surface area contributed by atoms with Crippen LogP contribution in [0.1, 0.15) is 12.0 Å². The summed E-state index contributed by atoms with van der Waals surface area (Å²) in [5, 5.41) is 8.76. The van der Waals surface area contributed by atoms with Crippen molar-refractivity contribution in [2.45, 2.75) is 17.7 Å². The summed E-state index contributed by atoms with van der Waals surface area (Å²) in [6, 6.07) is 5.02. The average Bonchev–Trinajstić information content (AvgIpc) is 2.24. The molecule has 5 heteroatoms. The largest absolute Gasteiger partial charge is 0.495 e. The summed E-state index contributed by atoms with van der Waals surface area (Å²) in [4.78, 5) is 0.199. The van der Waals surface area contributed by atoms with Crippen LogP contribution < -0.4 is 4.74 Å². The van der Waals surface area contributed by atoms with Gasteiger partial charge in [0.1, 0.15) is 10.6 Å². The van der Waals surface area contributed by atoms with Crippen molar-refractivity contribution < 1.29 is 18.3 Å². The molecule has 1 N–H and O–H groups in total. The maximum Gasteiger partial charge on any atom is 0.179 e. The Balaban J connectivity index is 3.21. The summed E-state index contributed by atoms with van der Waals surface area (Å²) in [5.41, 5.74) is 0.805. The first-order valence-corrected chi connectivity index (χ1v) is 6.86. The molecule has 0 bridgehead atoms. The van der Waals surface area contributed by atoms with Crippen LogP contribution in [0.15, 0.2) is 23.1 Å². The minimum atomic E-state index is -3.28. The van der Waals surface area contributed by atoms with Crippen LogP contribution in [-0.2, 0) is 16.3 Å². The molecule has 0 radical (unpaired) electrons. The van der Waals surface area contributed by atoms with Crippen molar-refractivity contribution in [3.8, 4) is 5.75 Å². The first kappa shape index (κ1) is 13.0. The number of aliphatic hydroxyl groups excluding tert-OH is 1. The van der Waals surface area contributed by atoms with Gasteiger partial charge in [0.2, 0.25) is 0 Å². The number of para-hydroxylation sites is 1. The molecule has 0 aromatic heterocycles. The van der Waals surface area contributed by atoms with E-state index in [4.69, 9.17) is 9.84 Å². The highest BCUT2D eigenvalue weighted by Crippen LogP contribution is 2.28. The van der Waals surface area contributed by atoms with E-state index < -0.39 is 9.84 Å². The summed E-state index contributed by atoms with van der Waals surface area (Å²) in [6.45, 7) is 0.0757. The number of sulfone groups is 1. The number of hydrogen-bond acceptors (Lipinski definition) is 4. The van der Waals surface area contributed by atoms with Gasteiger partial charge in [-0.15, -0.1) is 0 Å². The summed E-state index contributed by atoms with van der Waals surface area (Å²) < 4.78 is 28.2. The van der Waals surface area contributed by atoms with E-state index in [0.717, 1.165) is 11.8 Å². The molecule has 1 aromatic carbocycles. The maximum absolute atomic E-state index is 11.5. The van der Waals surface area contributed by atoms with Crippen molar-refractivity contribution >= 4 is 9.84 Å².